The summed E-state index contributed by atoms with van der Waals surface area (Å²) in [6, 6.07) is 0. The standard InChI is InChI=1S/C6H7F7O/c1-4(8,9)2-5(10,11)14-6(12,13)3-7/h2-3H2,1H3. The van der Waals surface area contributed by atoms with Gasteiger partial charge in [0.2, 0.25) is 0 Å². The summed E-state index contributed by atoms with van der Waals surface area (Å²) in [6.45, 7) is -2.39. The number of hydrogen-bond acceptors (Lipinski definition) is 1. The first kappa shape index (κ1) is 13.5. The van der Waals surface area contributed by atoms with E-state index in [1.807, 2.05) is 0 Å². The van der Waals surface area contributed by atoms with E-state index in [4.69, 9.17) is 0 Å². The van der Waals surface area contributed by atoms with Gasteiger partial charge in [0.15, 0.2) is 6.67 Å². The molecule has 0 aliphatic rings. The predicted octanol–water partition coefficient (Wildman–Crippen LogP) is 3.20. The predicted molar refractivity (Wildman–Crippen MR) is 32.2 cm³/mol. The number of ether oxygens (including phenoxy) is 1. The van der Waals surface area contributed by atoms with E-state index in [1.165, 1.54) is 0 Å². The average Bonchev–Trinajstić information content (AvgIpc) is 1.78. The Labute approximate surface area is 74.8 Å². The Bertz CT molecular complexity index is 185. The maximum Gasteiger partial charge on any atom is 0.388 e. The Morgan fingerprint density at radius 3 is 1.64 bits per heavy atom. The zero-order chi connectivity index (χ0) is 11.6. The number of halogens is 7. The molecule has 0 heterocycles. The van der Waals surface area contributed by atoms with Gasteiger partial charge in [0.25, 0.3) is 5.92 Å². The van der Waals surface area contributed by atoms with Gasteiger partial charge in [-0.05, 0) is 6.92 Å². The van der Waals surface area contributed by atoms with Gasteiger partial charge in [0.05, 0.1) is 0 Å². The molecule has 0 atom stereocenters. The molecule has 0 aromatic rings. The second-order valence-corrected chi connectivity index (χ2v) is 2.76. The fourth-order valence-corrected chi connectivity index (χ4v) is 0.643. The highest BCUT2D eigenvalue weighted by atomic mass is 19.3. The van der Waals surface area contributed by atoms with E-state index in [-0.39, 0.29) is 6.92 Å². The first-order valence-electron chi connectivity index (χ1n) is 3.37. The molecule has 0 fully saturated rings. The van der Waals surface area contributed by atoms with Gasteiger partial charge in [0, 0.05) is 0 Å². The molecule has 14 heavy (non-hydrogen) atoms. The fraction of sp³-hybridized carbons (Fsp3) is 1.00. The van der Waals surface area contributed by atoms with Gasteiger partial charge in [0.1, 0.15) is 6.42 Å². The van der Waals surface area contributed by atoms with Crippen LogP contribution in [-0.4, -0.2) is 24.8 Å². The molecule has 0 aliphatic heterocycles. The molecule has 0 N–H and O–H groups in total. The SMILES string of the molecule is CC(F)(F)CC(F)(F)OC(F)(F)CF. The van der Waals surface area contributed by atoms with Crippen LogP contribution < -0.4 is 0 Å². The van der Waals surface area contributed by atoms with Crippen LogP contribution in [0.3, 0.4) is 0 Å². The fourth-order valence-electron chi connectivity index (χ4n) is 0.643. The van der Waals surface area contributed by atoms with Crippen molar-refractivity contribution in [3.8, 4) is 0 Å². The van der Waals surface area contributed by atoms with E-state index in [1.54, 1.807) is 0 Å². The van der Waals surface area contributed by atoms with Crippen LogP contribution in [0.4, 0.5) is 30.7 Å². The Hall–Kier alpha value is -0.530. The summed E-state index contributed by atoms with van der Waals surface area (Å²) in [5.74, 6) is -3.88. The van der Waals surface area contributed by atoms with Crippen molar-refractivity contribution < 1.29 is 35.5 Å². The van der Waals surface area contributed by atoms with Crippen LogP contribution in [0.15, 0.2) is 0 Å². The molecule has 0 radical (unpaired) electrons. The average molecular weight is 228 g/mol. The Morgan fingerprint density at radius 1 is 0.929 bits per heavy atom. The van der Waals surface area contributed by atoms with Crippen molar-refractivity contribution in [3.63, 3.8) is 0 Å². The third kappa shape index (κ3) is 6.01. The molecule has 0 unspecified atom stereocenters. The largest absolute Gasteiger partial charge is 0.388 e. The molecular formula is C6H7F7O. The van der Waals surface area contributed by atoms with E-state index in [2.05, 4.69) is 4.74 Å². The van der Waals surface area contributed by atoms with Gasteiger partial charge >= 0.3 is 12.2 Å². The molecule has 0 saturated carbocycles. The van der Waals surface area contributed by atoms with Crippen LogP contribution in [-0.2, 0) is 4.74 Å². The van der Waals surface area contributed by atoms with Gasteiger partial charge in [-0.15, -0.1) is 0 Å². The zero-order valence-electron chi connectivity index (χ0n) is 6.97. The first-order valence-corrected chi connectivity index (χ1v) is 3.37. The minimum absolute atomic E-state index is 0.109. The van der Waals surface area contributed by atoms with E-state index < -0.39 is 31.2 Å². The van der Waals surface area contributed by atoms with Gasteiger partial charge in [-0.1, -0.05) is 0 Å². The van der Waals surface area contributed by atoms with Crippen LogP contribution in [0.25, 0.3) is 0 Å². The van der Waals surface area contributed by atoms with Crippen molar-refractivity contribution in [3.05, 3.63) is 0 Å². The summed E-state index contributed by atoms with van der Waals surface area (Å²) >= 11 is 0. The molecule has 0 aromatic carbocycles. The highest BCUT2D eigenvalue weighted by Crippen LogP contribution is 2.35. The van der Waals surface area contributed by atoms with Crippen LogP contribution in [0, 0.1) is 0 Å². The summed E-state index contributed by atoms with van der Waals surface area (Å²) < 4.78 is 86.3. The molecule has 8 heteroatoms. The molecule has 1 nitrogen and oxygen atoms in total. The van der Waals surface area contributed by atoms with E-state index in [9.17, 15) is 30.7 Å². The topological polar surface area (TPSA) is 9.23 Å². The van der Waals surface area contributed by atoms with Gasteiger partial charge in [-0.25, -0.2) is 13.2 Å². The molecule has 0 spiro atoms. The molecule has 0 aromatic heterocycles. The molecule has 0 aliphatic carbocycles. The quantitative estimate of drug-likeness (QED) is 0.656. The summed E-state index contributed by atoms with van der Waals surface area (Å²) in [7, 11) is 0. The van der Waals surface area contributed by atoms with Crippen molar-refractivity contribution in [2.45, 2.75) is 31.5 Å². The van der Waals surface area contributed by atoms with Gasteiger partial charge < -0.3 is 0 Å². The first-order chi connectivity index (χ1) is 5.97. The maximum atomic E-state index is 12.3. The highest BCUT2D eigenvalue weighted by molar-refractivity contribution is 4.67. The maximum absolute atomic E-state index is 12.3. The molecule has 86 valence electrons. The molecule has 0 amide bonds. The van der Waals surface area contributed by atoms with Crippen molar-refractivity contribution in [2.24, 2.45) is 0 Å². The number of rotatable bonds is 5. The van der Waals surface area contributed by atoms with Crippen LogP contribution in [0.2, 0.25) is 0 Å². The molecule has 0 rings (SSSR count). The van der Waals surface area contributed by atoms with Crippen LogP contribution in [0.1, 0.15) is 13.3 Å². The van der Waals surface area contributed by atoms with E-state index >= 15 is 0 Å². The van der Waals surface area contributed by atoms with E-state index in [0.29, 0.717) is 0 Å². The Morgan fingerprint density at radius 2 is 1.36 bits per heavy atom. The highest BCUT2D eigenvalue weighted by Gasteiger charge is 2.48. The zero-order valence-corrected chi connectivity index (χ0v) is 6.97. The third-order valence-corrected chi connectivity index (χ3v) is 0.970. The summed E-state index contributed by atoms with van der Waals surface area (Å²) in [6.07, 6.45) is -11.8. The molecular weight excluding hydrogens is 221 g/mol. The lowest BCUT2D eigenvalue weighted by Crippen LogP contribution is -2.38. The van der Waals surface area contributed by atoms with Crippen molar-refractivity contribution in [1.82, 2.24) is 0 Å². The summed E-state index contributed by atoms with van der Waals surface area (Å²) in [5.41, 5.74) is 0. The van der Waals surface area contributed by atoms with Crippen LogP contribution >= 0.6 is 0 Å². The summed E-state index contributed by atoms with van der Waals surface area (Å²) in [5, 5.41) is 0. The van der Waals surface area contributed by atoms with E-state index in [0.717, 1.165) is 0 Å². The van der Waals surface area contributed by atoms with Gasteiger partial charge in [-0.2, -0.15) is 17.6 Å². The smallest absolute Gasteiger partial charge is 0.253 e. The normalized spacial score (nSPS) is 14.6. The molecule has 0 saturated heterocycles. The summed E-state index contributed by atoms with van der Waals surface area (Å²) in [4.78, 5) is 0. The number of alkyl halides is 7. The lowest BCUT2D eigenvalue weighted by molar-refractivity contribution is -0.388. The monoisotopic (exact) mass is 228 g/mol. The number of hydrogen-bond donors (Lipinski definition) is 0. The van der Waals surface area contributed by atoms with Crippen molar-refractivity contribution in [2.75, 3.05) is 6.67 Å². The van der Waals surface area contributed by atoms with Crippen molar-refractivity contribution in [1.29, 1.82) is 0 Å². The van der Waals surface area contributed by atoms with Crippen molar-refractivity contribution >= 4 is 0 Å². The minimum Gasteiger partial charge on any atom is -0.253 e. The second-order valence-electron chi connectivity index (χ2n) is 2.76. The van der Waals surface area contributed by atoms with Crippen LogP contribution in [0.5, 0.6) is 0 Å². The minimum atomic E-state index is -4.77. The Kier molecular flexibility index (Phi) is 3.77. The second kappa shape index (κ2) is 3.92. The third-order valence-electron chi connectivity index (χ3n) is 0.970. The Balaban J connectivity index is 4.35. The molecule has 0 bridgehead atoms. The lowest BCUT2D eigenvalue weighted by Gasteiger charge is -2.23. The lowest BCUT2D eigenvalue weighted by atomic mass is 10.2. The van der Waals surface area contributed by atoms with Gasteiger partial charge in [-0.3, -0.25) is 4.74 Å².